The highest BCUT2D eigenvalue weighted by atomic mass is 16.2. The monoisotopic (exact) mass is 324 g/mol. The Morgan fingerprint density at radius 1 is 1.12 bits per heavy atom. The molecule has 2 aromatic heterocycles. The van der Waals surface area contributed by atoms with E-state index in [1.807, 2.05) is 38.1 Å². The van der Waals surface area contributed by atoms with Gasteiger partial charge in [0.25, 0.3) is 5.56 Å². The normalized spacial score (nSPS) is 11.0. The summed E-state index contributed by atoms with van der Waals surface area (Å²) in [6, 6.07) is 9.92. The lowest BCUT2D eigenvalue weighted by Gasteiger charge is -2.25. The van der Waals surface area contributed by atoms with Crippen LogP contribution >= 0.6 is 0 Å². The summed E-state index contributed by atoms with van der Waals surface area (Å²) in [7, 11) is 3.12. The molecule has 3 aromatic rings. The van der Waals surface area contributed by atoms with Gasteiger partial charge in [0.1, 0.15) is 5.39 Å². The van der Waals surface area contributed by atoms with E-state index < -0.39 is 0 Å². The van der Waals surface area contributed by atoms with Gasteiger partial charge in [0.05, 0.1) is 5.69 Å². The SMILES string of the molecule is CCN(c1cccc(C)c1)c1ccnc2c1c(=O)n(C)c(=O)n2C. The largest absolute Gasteiger partial charge is 0.341 e. The highest BCUT2D eigenvalue weighted by Gasteiger charge is 2.17. The van der Waals surface area contributed by atoms with Gasteiger partial charge in [-0.3, -0.25) is 13.9 Å². The number of hydrogen-bond acceptors (Lipinski definition) is 4. The highest BCUT2D eigenvalue weighted by Crippen LogP contribution is 2.29. The predicted molar refractivity (Wildman–Crippen MR) is 96.1 cm³/mol. The Morgan fingerprint density at radius 2 is 1.88 bits per heavy atom. The van der Waals surface area contributed by atoms with Crippen molar-refractivity contribution in [3.05, 3.63) is 62.9 Å². The van der Waals surface area contributed by atoms with Gasteiger partial charge in [0.2, 0.25) is 0 Å². The lowest BCUT2D eigenvalue weighted by Crippen LogP contribution is -2.38. The zero-order valence-electron chi connectivity index (χ0n) is 14.3. The molecule has 0 aliphatic heterocycles. The average molecular weight is 324 g/mol. The summed E-state index contributed by atoms with van der Waals surface area (Å²) < 4.78 is 2.53. The summed E-state index contributed by atoms with van der Waals surface area (Å²) in [6.07, 6.45) is 1.63. The van der Waals surface area contributed by atoms with Gasteiger partial charge >= 0.3 is 5.69 Å². The van der Waals surface area contributed by atoms with E-state index in [9.17, 15) is 9.59 Å². The second-order valence-electron chi connectivity index (χ2n) is 5.82. The third-order valence-electron chi connectivity index (χ3n) is 4.24. The molecule has 6 nitrogen and oxygen atoms in total. The first-order valence-corrected chi connectivity index (χ1v) is 7.84. The number of hydrogen-bond donors (Lipinski definition) is 0. The van der Waals surface area contributed by atoms with Crippen LogP contribution in [0.5, 0.6) is 0 Å². The molecular weight excluding hydrogens is 304 g/mol. The van der Waals surface area contributed by atoms with Gasteiger partial charge < -0.3 is 4.90 Å². The van der Waals surface area contributed by atoms with E-state index in [1.165, 1.54) is 11.6 Å². The van der Waals surface area contributed by atoms with Crippen molar-refractivity contribution in [2.75, 3.05) is 11.4 Å². The summed E-state index contributed by atoms with van der Waals surface area (Å²) in [5, 5.41) is 0.449. The molecule has 0 radical (unpaired) electrons. The molecule has 0 unspecified atom stereocenters. The minimum absolute atomic E-state index is 0.331. The number of aromatic nitrogens is 3. The maximum absolute atomic E-state index is 12.7. The summed E-state index contributed by atoms with van der Waals surface area (Å²) >= 11 is 0. The summed E-state index contributed by atoms with van der Waals surface area (Å²) in [4.78, 5) is 31.2. The molecule has 0 saturated heterocycles. The number of aryl methyl sites for hydroxylation is 2. The first-order valence-electron chi connectivity index (χ1n) is 7.84. The Morgan fingerprint density at radius 3 is 2.54 bits per heavy atom. The van der Waals surface area contributed by atoms with Crippen molar-refractivity contribution in [1.29, 1.82) is 0 Å². The molecule has 0 saturated carbocycles. The minimum Gasteiger partial charge on any atom is -0.341 e. The Balaban J connectivity index is 2.38. The summed E-state index contributed by atoms with van der Waals surface area (Å²) in [6.45, 7) is 4.75. The van der Waals surface area contributed by atoms with Crippen LogP contribution in [-0.4, -0.2) is 20.7 Å². The van der Waals surface area contributed by atoms with Gasteiger partial charge in [0.15, 0.2) is 5.65 Å². The van der Waals surface area contributed by atoms with E-state index >= 15 is 0 Å². The van der Waals surface area contributed by atoms with Crippen LogP contribution in [0.2, 0.25) is 0 Å². The van der Waals surface area contributed by atoms with E-state index in [0.29, 0.717) is 17.6 Å². The second-order valence-corrected chi connectivity index (χ2v) is 5.82. The van der Waals surface area contributed by atoms with Crippen molar-refractivity contribution >= 4 is 22.4 Å². The maximum Gasteiger partial charge on any atom is 0.332 e. The van der Waals surface area contributed by atoms with Crippen LogP contribution in [0.15, 0.2) is 46.1 Å². The van der Waals surface area contributed by atoms with Crippen molar-refractivity contribution in [1.82, 2.24) is 14.1 Å². The lowest BCUT2D eigenvalue weighted by atomic mass is 10.1. The van der Waals surface area contributed by atoms with Crippen molar-refractivity contribution in [2.24, 2.45) is 14.1 Å². The van der Waals surface area contributed by atoms with Gasteiger partial charge in [-0.05, 0) is 37.6 Å². The molecule has 0 amide bonds. The van der Waals surface area contributed by atoms with Gasteiger partial charge in [-0.15, -0.1) is 0 Å². The number of benzene rings is 1. The van der Waals surface area contributed by atoms with E-state index in [-0.39, 0.29) is 11.2 Å². The topological polar surface area (TPSA) is 60.1 Å². The quantitative estimate of drug-likeness (QED) is 0.740. The molecule has 0 aliphatic carbocycles. The van der Waals surface area contributed by atoms with Crippen LogP contribution in [0.1, 0.15) is 12.5 Å². The fraction of sp³-hybridized carbons (Fsp3) is 0.278. The maximum atomic E-state index is 12.7. The molecule has 0 aliphatic rings. The summed E-state index contributed by atoms with van der Waals surface area (Å²) in [5.74, 6) is 0. The van der Waals surface area contributed by atoms with E-state index in [0.717, 1.165) is 21.5 Å². The van der Waals surface area contributed by atoms with Crippen LogP contribution in [0.25, 0.3) is 11.0 Å². The average Bonchev–Trinajstić information content (AvgIpc) is 2.58. The molecule has 0 fully saturated rings. The molecule has 6 heteroatoms. The second kappa shape index (κ2) is 5.96. The zero-order chi connectivity index (χ0) is 17.4. The predicted octanol–water partition coefficient (Wildman–Crippen LogP) is 2.10. The molecular formula is C18H20N4O2. The van der Waals surface area contributed by atoms with Crippen molar-refractivity contribution in [3.8, 4) is 0 Å². The van der Waals surface area contributed by atoms with E-state index in [4.69, 9.17) is 0 Å². The molecule has 3 rings (SSSR count). The van der Waals surface area contributed by atoms with Crippen molar-refractivity contribution in [2.45, 2.75) is 13.8 Å². The molecule has 24 heavy (non-hydrogen) atoms. The highest BCUT2D eigenvalue weighted by molar-refractivity contribution is 5.91. The smallest absolute Gasteiger partial charge is 0.332 e. The number of nitrogens with zero attached hydrogens (tertiary/aromatic N) is 4. The Labute approximate surface area is 139 Å². The van der Waals surface area contributed by atoms with Crippen LogP contribution in [0.3, 0.4) is 0 Å². The fourth-order valence-electron chi connectivity index (χ4n) is 2.98. The van der Waals surface area contributed by atoms with Gasteiger partial charge in [-0.2, -0.15) is 0 Å². The van der Waals surface area contributed by atoms with Gasteiger partial charge in [0, 0.05) is 32.5 Å². The molecule has 1 aromatic carbocycles. The Hall–Kier alpha value is -2.89. The Bertz CT molecular complexity index is 1030. The Kier molecular flexibility index (Phi) is 3.97. The number of fused-ring (bicyclic) bond motifs is 1. The van der Waals surface area contributed by atoms with Crippen LogP contribution in [0.4, 0.5) is 11.4 Å². The molecule has 0 spiro atoms. The molecule has 0 N–H and O–H groups in total. The minimum atomic E-state index is -0.379. The lowest BCUT2D eigenvalue weighted by molar-refractivity contribution is 0.707. The van der Waals surface area contributed by atoms with E-state index in [1.54, 1.807) is 13.2 Å². The third kappa shape index (κ3) is 2.40. The first kappa shape index (κ1) is 16.0. The number of pyridine rings is 1. The van der Waals surface area contributed by atoms with Crippen molar-refractivity contribution < 1.29 is 0 Å². The fourth-order valence-corrected chi connectivity index (χ4v) is 2.98. The van der Waals surface area contributed by atoms with Gasteiger partial charge in [-0.1, -0.05) is 12.1 Å². The van der Waals surface area contributed by atoms with Crippen LogP contribution < -0.4 is 16.1 Å². The van der Waals surface area contributed by atoms with Crippen LogP contribution in [0, 0.1) is 6.92 Å². The molecule has 0 atom stereocenters. The van der Waals surface area contributed by atoms with Crippen molar-refractivity contribution in [3.63, 3.8) is 0 Å². The van der Waals surface area contributed by atoms with Crippen LogP contribution in [-0.2, 0) is 14.1 Å². The zero-order valence-corrected chi connectivity index (χ0v) is 14.3. The molecule has 2 heterocycles. The number of anilines is 2. The molecule has 0 bridgehead atoms. The third-order valence-corrected chi connectivity index (χ3v) is 4.24. The summed E-state index contributed by atoms with van der Waals surface area (Å²) in [5.41, 5.74) is 2.58. The first-order chi connectivity index (χ1) is 11.5. The number of rotatable bonds is 3. The van der Waals surface area contributed by atoms with E-state index in [2.05, 4.69) is 16.0 Å². The standard InChI is InChI=1S/C18H20N4O2/c1-5-22(13-8-6-7-12(2)11-13)14-9-10-19-16-15(14)17(23)21(4)18(24)20(16)3/h6-11H,5H2,1-4H3. The van der Waals surface area contributed by atoms with Gasteiger partial charge in [-0.25, -0.2) is 9.78 Å². The molecule has 124 valence electrons.